The molecule has 0 aliphatic carbocycles. The van der Waals surface area contributed by atoms with Gasteiger partial charge in [-0.25, -0.2) is 0 Å². The van der Waals surface area contributed by atoms with Crippen molar-refractivity contribution in [3.63, 3.8) is 0 Å². The standard InChI is InChI=1S/C21H18O2.C2H6/c1-14-8-10-19-17(12-14)21(22,16-6-4-3-5-7-16)18-13-15(2)9-11-20(18)23-19;1-2/h3-13,22H,1-2H3;1-2H3. The van der Waals surface area contributed by atoms with E-state index < -0.39 is 5.60 Å². The van der Waals surface area contributed by atoms with Crippen LogP contribution in [0.3, 0.4) is 0 Å². The minimum Gasteiger partial charge on any atom is -0.457 e. The highest BCUT2D eigenvalue weighted by atomic mass is 16.5. The molecule has 0 fully saturated rings. The van der Waals surface area contributed by atoms with Gasteiger partial charge in [-0.2, -0.15) is 0 Å². The quantitative estimate of drug-likeness (QED) is 0.617. The summed E-state index contributed by atoms with van der Waals surface area (Å²) in [6.07, 6.45) is 0. The van der Waals surface area contributed by atoms with Crippen molar-refractivity contribution in [2.24, 2.45) is 0 Å². The molecular weight excluding hydrogens is 308 g/mol. The van der Waals surface area contributed by atoms with Gasteiger partial charge in [0.1, 0.15) is 17.1 Å². The van der Waals surface area contributed by atoms with Crippen molar-refractivity contribution in [2.45, 2.75) is 33.3 Å². The summed E-state index contributed by atoms with van der Waals surface area (Å²) < 4.78 is 6.04. The average molecular weight is 332 g/mol. The van der Waals surface area contributed by atoms with E-state index in [-0.39, 0.29) is 0 Å². The van der Waals surface area contributed by atoms with Gasteiger partial charge < -0.3 is 9.84 Å². The average Bonchev–Trinajstić information content (AvgIpc) is 2.65. The smallest absolute Gasteiger partial charge is 0.147 e. The van der Waals surface area contributed by atoms with Gasteiger partial charge >= 0.3 is 0 Å². The van der Waals surface area contributed by atoms with Crippen molar-refractivity contribution in [2.75, 3.05) is 0 Å². The van der Waals surface area contributed by atoms with Gasteiger partial charge in [-0.05, 0) is 43.7 Å². The number of aliphatic hydroxyl groups is 1. The third-order valence-corrected chi connectivity index (χ3v) is 4.46. The van der Waals surface area contributed by atoms with E-state index in [9.17, 15) is 5.11 Å². The molecule has 25 heavy (non-hydrogen) atoms. The van der Waals surface area contributed by atoms with Crippen LogP contribution in [0.15, 0.2) is 66.7 Å². The molecule has 0 spiro atoms. The Morgan fingerprint density at radius 1 is 0.720 bits per heavy atom. The Labute approximate surface area is 149 Å². The Bertz CT molecular complexity index is 830. The number of hydrogen-bond acceptors (Lipinski definition) is 2. The molecule has 3 aromatic carbocycles. The summed E-state index contributed by atoms with van der Waals surface area (Å²) in [6.45, 7) is 8.05. The first-order chi connectivity index (χ1) is 12.1. The molecule has 3 aromatic rings. The lowest BCUT2D eigenvalue weighted by molar-refractivity contribution is 0.112. The minimum absolute atomic E-state index is 0.707. The Morgan fingerprint density at radius 2 is 1.20 bits per heavy atom. The number of benzene rings is 3. The maximum atomic E-state index is 11.8. The molecule has 0 saturated carbocycles. The number of aryl methyl sites for hydroxylation is 2. The van der Waals surface area contributed by atoms with Crippen LogP contribution in [0.1, 0.15) is 41.7 Å². The van der Waals surface area contributed by atoms with E-state index >= 15 is 0 Å². The van der Waals surface area contributed by atoms with Gasteiger partial charge in [-0.3, -0.25) is 0 Å². The number of hydrogen-bond donors (Lipinski definition) is 1. The first-order valence-corrected chi connectivity index (χ1v) is 8.77. The van der Waals surface area contributed by atoms with Crippen LogP contribution in [0.4, 0.5) is 0 Å². The molecule has 0 unspecified atom stereocenters. The fourth-order valence-electron chi connectivity index (χ4n) is 3.29. The van der Waals surface area contributed by atoms with Crippen molar-refractivity contribution in [3.8, 4) is 11.5 Å². The Balaban J connectivity index is 0.000000880. The molecule has 2 heteroatoms. The third kappa shape index (κ3) is 2.83. The maximum absolute atomic E-state index is 11.8. The van der Waals surface area contributed by atoms with Crippen LogP contribution in [0.5, 0.6) is 11.5 Å². The highest BCUT2D eigenvalue weighted by molar-refractivity contribution is 5.62. The fourth-order valence-corrected chi connectivity index (χ4v) is 3.29. The van der Waals surface area contributed by atoms with Crippen molar-refractivity contribution < 1.29 is 9.84 Å². The Hall–Kier alpha value is -2.58. The molecule has 4 rings (SSSR count). The molecule has 128 valence electrons. The Morgan fingerprint density at radius 3 is 1.68 bits per heavy atom. The van der Waals surface area contributed by atoms with Gasteiger partial charge in [0.2, 0.25) is 0 Å². The van der Waals surface area contributed by atoms with Crippen molar-refractivity contribution in [1.82, 2.24) is 0 Å². The molecule has 0 saturated heterocycles. The topological polar surface area (TPSA) is 29.5 Å². The highest BCUT2D eigenvalue weighted by Crippen LogP contribution is 2.50. The first kappa shape index (κ1) is 17.2. The van der Waals surface area contributed by atoms with Gasteiger partial charge in [-0.1, -0.05) is 67.4 Å². The predicted octanol–water partition coefficient (Wildman–Crippen LogP) is 5.72. The summed E-state index contributed by atoms with van der Waals surface area (Å²) in [5.74, 6) is 1.41. The molecule has 2 nitrogen and oxygen atoms in total. The number of ether oxygens (including phenoxy) is 1. The largest absolute Gasteiger partial charge is 0.457 e. The summed E-state index contributed by atoms with van der Waals surface area (Å²) in [4.78, 5) is 0. The van der Waals surface area contributed by atoms with Crippen LogP contribution in [0, 0.1) is 13.8 Å². The summed E-state index contributed by atoms with van der Waals surface area (Å²) in [6, 6.07) is 21.7. The first-order valence-electron chi connectivity index (χ1n) is 8.77. The molecule has 0 bridgehead atoms. The second-order valence-corrected chi connectivity index (χ2v) is 6.18. The third-order valence-electron chi connectivity index (χ3n) is 4.46. The van der Waals surface area contributed by atoms with Crippen molar-refractivity contribution in [3.05, 3.63) is 94.5 Å². The van der Waals surface area contributed by atoms with Gasteiger partial charge in [-0.15, -0.1) is 0 Å². The van der Waals surface area contributed by atoms with Crippen LogP contribution in [-0.4, -0.2) is 5.11 Å². The van der Waals surface area contributed by atoms with E-state index in [0.717, 1.165) is 27.8 Å². The lowest BCUT2D eigenvalue weighted by Gasteiger charge is -2.37. The van der Waals surface area contributed by atoms with Crippen molar-refractivity contribution in [1.29, 1.82) is 0 Å². The van der Waals surface area contributed by atoms with Crippen molar-refractivity contribution >= 4 is 0 Å². The summed E-state index contributed by atoms with van der Waals surface area (Å²) in [5.41, 5.74) is 3.42. The van der Waals surface area contributed by atoms with Crippen LogP contribution in [0.25, 0.3) is 0 Å². The molecule has 0 amide bonds. The molecule has 1 heterocycles. The molecule has 1 aliphatic heterocycles. The molecule has 1 aliphatic rings. The second-order valence-electron chi connectivity index (χ2n) is 6.18. The monoisotopic (exact) mass is 332 g/mol. The molecule has 1 N–H and O–H groups in total. The summed E-state index contributed by atoms with van der Waals surface area (Å²) >= 11 is 0. The molecular formula is C23H24O2. The SMILES string of the molecule is CC.Cc1ccc2c(c1)C(O)(c1ccccc1)c1cc(C)ccc1O2. The number of fused-ring (bicyclic) bond motifs is 2. The van der Waals surface area contributed by atoms with E-state index in [2.05, 4.69) is 0 Å². The summed E-state index contributed by atoms with van der Waals surface area (Å²) in [5, 5.41) is 11.8. The van der Waals surface area contributed by atoms with E-state index in [1.54, 1.807) is 0 Å². The highest BCUT2D eigenvalue weighted by Gasteiger charge is 2.42. The molecule has 0 radical (unpaired) electrons. The van der Waals surface area contributed by atoms with E-state index in [1.165, 1.54) is 0 Å². The van der Waals surface area contributed by atoms with E-state index in [0.29, 0.717) is 11.5 Å². The zero-order valence-electron chi connectivity index (χ0n) is 15.2. The fraction of sp³-hybridized carbons (Fsp3) is 0.217. The lowest BCUT2D eigenvalue weighted by atomic mass is 9.77. The van der Waals surface area contributed by atoms with Crippen LogP contribution in [0.2, 0.25) is 0 Å². The van der Waals surface area contributed by atoms with Crippen LogP contribution < -0.4 is 4.74 Å². The summed E-state index contributed by atoms with van der Waals surface area (Å²) in [7, 11) is 0. The van der Waals surface area contributed by atoms with E-state index in [1.807, 2.05) is 94.4 Å². The molecule has 0 aromatic heterocycles. The lowest BCUT2D eigenvalue weighted by Crippen LogP contribution is -2.32. The van der Waals surface area contributed by atoms with Crippen LogP contribution in [-0.2, 0) is 5.60 Å². The zero-order chi connectivity index (χ0) is 18.0. The normalized spacial score (nSPS) is 13.6. The molecule has 0 atom stereocenters. The van der Waals surface area contributed by atoms with Gasteiger partial charge in [0.05, 0.1) is 0 Å². The van der Waals surface area contributed by atoms with Gasteiger partial charge in [0.25, 0.3) is 0 Å². The Kier molecular flexibility index (Phi) is 4.65. The van der Waals surface area contributed by atoms with Gasteiger partial charge in [0.15, 0.2) is 0 Å². The second kappa shape index (κ2) is 6.73. The maximum Gasteiger partial charge on any atom is 0.147 e. The van der Waals surface area contributed by atoms with E-state index in [4.69, 9.17) is 4.74 Å². The minimum atomic E-state index is -1.21. The predicted molar refractivity (Wildman–Crippen MR) is 102 cm³/mol. The zero-order valence-corrected chi connectivity index (χ0v) is 15.2. The number of rotatable bonds is 1. The van der Waals surface area contributed by atoms with Gasteiger partial charge in [0, 0.05) is 11.1 Å². The van der Waals surface area contributed by atoms with Crippen LogP contribution >= 0.6 is 0 Å².